The number of hydrogen-bond acceptors (Lipinski definition) is 1. The molecule has 1 unspecified atom stereocenters. The second-order valence-corrected chi connectivity index (χ2v) is 4.58. The van der Waals surface area contributed by atoms with Crippen LogP contribution in [0.3, 0.4) is 0 Å². The summed E-state index contributed by atoms with van der Waals surface area (Å²) >= 11 is 0. The number of hydrogen-bond donors (Lipinski definition) is 1. The Morgan fingerprint density at radius 1 is 1.07 bits per heavy atom. The van der Waals surface area contributed by atoms with Gasteiger partial charge in [0.15, 0.2) is 0 Å². The Balaban J connectivity index is 1.76. The fourth-order valence-corrected chi connectivity index (χ4v) is 2.59. The Bertz CT molecular complexity index is 328. The lowest BCUT2D eigenvalue weighted by atomic mass is 9.92. The van der Waals surface area contributed by atoms with Gasteiger partial charge in [0, 0.05) is 12.1 Å². The number of nitrogens with one attached hydrogen (secondary N) is 1. The summed E-state index contributed by atoms with van der Waals surface area (Å²) in [5, 5.41) is 3.77. The molecule has 0 aliphatic heterocycles. The highest BCUT2D eigenvalue weighted by atomic mass is 15.0. The fraction of sp³-hybridized carbons (Fsp3) is 0.538. The molecule has 3 rings (SSSR count). The summed E-state index contributed by atoms with van der Waals surface area (Å²) in [7, 11) is 0. The van der Waals surface area contributed by atoms with Gasteiger partial charge in [-0.05, 0) is 36.8 Å². The largest absolute Gasteiger partial charge is 0.307 e. The predicted octanol–water partition coefficient (Wildman–Crippen LogP) is 2.82. The van der Waals surface area contributed by atoms with E-state index in [0.717, 1.165) is 6.04 Å². The smallest absolute Gasteiger partial charge is 0.0328 e. The van der Waals surface area contributed by atoms with Crippen LogP contribution in [0.1, 0.15) is 42.9 Å². The highest BCUT2D eigenvalue weighted by molar-refractivity contribution is 5.34. The minimum atomic E-state index is 0.650. The van der Waals surface area contributed by atoms with Crippen molar-refractivity contribution in [2.24, 2.45) is 0 Å². The van der Waals surface area contributed by atoms with Crippen molar-refractivity contribution in [2.45, 2.75) is 44.2 Å². The van der Waals surface area contributed by atoms with Gasteiger partial charge in [0.1, 0.15) is 0 Å². The Hall–Kier alpha value is -0.820. The highest BCUT2D eigenvalue weighted by Crippen LogP contribution is 2.33. The Morgan fingerprint density at radius 2 is 1.93 bits per heavy atom. The molecule has 2 aliphatic rings. The number of rotatable bonds is 2. The molecule has 0 aromatic heterocycles. The van der Waals surface area contributed by atoms with Crippen molar-refractivity contribution in [3.8, 4) is 0 Å². The SMILES string of the molecule is c1ccc2c(c1)CCC2NC1CCC1. The fourth-order valence-electron chi connectivity index (χ4n) is 2.59. The number of fused-ring (bicyclic) bond motifs is 1. The molecule has 0 saturated heterocycles. The molecule has 1 nitrogen and oxygen atoms in total. The van der Waals surface area contributed by atoms with Gasteiger partial charge >= 0.3 is 0 Å². The van der Waals surface area contributed by atoms with E-state index >= 15 is 0 Å². The first-order valence-electron chi connectivity index (χ1n) is 5.77. The summed E-state index contributed by atoms with van der Waals surface area (Å²) < 4.78 is 0. The van der Waals surface area contributed by atoms with Crippen LogP contribution in [-0.4, -0.2) is 6.04 Å². The van der Waals surface area contributed by atoms with E-state index in [1.165, 1.54) is 32.1 Å². The van der Waals surface area contributed by atoms with Crippen molar-refractivity contribution in [1.29, 1.82) is 0 Å². The van der Waals surface area contributed by atoms with E-state index in [4.69, 9.17) is 0 Å². The molecule has 2 aliphatic carbocycles. The van der Waals surface area contributed by atoms with Crippen molar-refractivity contribution in [2.75, 3.05) is 0 Å². The quantitative estimate of drug-likeness (QED) is 0.750. The molecule has 1 aromatic rings. The first kappa shape index (κ1) is 8.49. The maximum atomic E-state index is 3.77. The Morgan fingerprint density at radius 3 is 2.71 bits per heavy atom. The summed E-state index contributed by atoms with van der Waals surface area (Å²) in [6, 6.07) is 10.4. The van der Waals surface area contributed by atoms with Crippen LogP contribution in [0.15, 0.2) is 24.3 Å². The zero-order chi connectivity index (χ0) is 9.38. The monoisotopic (exact) mass is 187 g/mol. The zero-order valence-electron chi connectivity index (χ0n) is 8.50. The van der Waals surface area contributed by atoms with E-state index in [1.807, 2.05) is 0 Å². The lowest BCUT2D eigenvalue weighted by Gasteiger charge is -2.30. The van der Waals surface area contributed by atoms with Gasteiger partial charge in [0.2, 0.25) is 0 Å². The zero-order valence-corrected chi connectivity index (χ0v) is 8.50. The van der Waals surface area contributed by atoms with Gasteiger partial charge in [-0.25, -0.2) is 0 Å². The average Bonchev–Trinajstić information content (AvgIpc) is 2.55. The topological polar surface area (TPSA) is 12.0 Å². The molecule has 1 aromatic carbocycles. The maximum absolute atomic E-state index is 3.77. The van der Waals surface area contributed by atoms with Crippen molar-refractivity contribution in [1.82, 2.24) is 5.32 Å². The van der Waals surface area contributed by atoms with Crippen molar-refractivity contribution in [3.63, 3.8) is 0 Å². The molecule has 1 heteroatoms. The highest BCUT2D eigenvalue weighted by Gasteiger charge is 2.26. The lowest BCUT2D eigenvalue weighted by Crippen LogP contribution is -2.37. The van der Waals surface area contributed by atoms with Crippen LogP contribution in [-0.2, 0) is 6.42 Å². The normalized spacial score (nSPS) is 25.9. The second kappa shape index (κ2) is 3.39. The molecular formula is C13H17N. The maximum Gasteiger partial charge on any atom is 0.0328 e. The van der Waals surface area contributed by atoms with Crippen LogP contribution in [0, 0.1) is 0 Å². The Labute approximate surface area is 85.5 Å². The first-order valence-corrected chi connectivity index (χ1v) is 5.77. The third-order valence-corrected chi connectivity index (χ3v) is 3.67. The third kappa shape index (κ3) is 1.36. The minimum Gasteiger partial charge on any atom is -0.307 e. The van der Waals surface area contributed by atoms with Gasteiger partial charge in [-0.15, -0.1) is 0 Å². The molecule has 1 saturated carbocycles. The van der Waals surface area contributed by atoms with Crippen molar-refractivity contribution in [3.05, 3.63) is 35.4 Å². The van der Waals surface area contributed by atoms with E-state index in [1.54, 1.807) is 11.1 Å². The van der Waals surface area contributed by atoms with Gasteiger partial charge in [0.05, 0.1) is 0 Å². The first-order chi connectivity index (χ1) is 6.93. The average molecular weight is 187 g/mol. The van der Waals surface area contributed by atoms with E-state index in [2.05, 4.69) is 29.6 Å². The van der Waals surface area contributed by atoms with E-state index < -0.39 is 0 Å². The standard InChI is InChI=1S/C13H17N/c1-2-7-12-10(4-1)8-9-13(12)14-11-5-3-6-11/h1-2,4,7,11,13-14H,3,5-6,8-9H2. The van der Waals surface area contributed by atoms with Gasteiger partial charge in [-0.1, -0.05) is 30.7 Å². The van der Waals surface area contributed by atoms with Gasteiger partial charge in [-0.3, -0.25) is 0 Å². The summed E-state index contributed by atoms with van der Waals surface area (Å²) in [6.45, 7) is 0. The van der Waals surface area contributed by atoms with Crippen LogP contribution in [0.4, 0.5) is 0 Å². The van der Waals surface area contributed by atoms with Gasteiger partial charge in [-0.2, -0.15) is 0 Å². The molecule has 0 bridgehead atoms. The molecule has 0 heterocycles. The molecule has 0 spiro atoms. The van der Waals surface area contributed by atoms with E-state index in [9.17, 15) is 0 Å². The molecule has 0 amide bonds. The van der Waals surface area contributed by atoms with Crippen LogP contribution in [0.25, 0.3) is 0 Å². The second-order valence-electron chi connectivity index (χ2n) is 4.58. The van der Waals surface area contributed by atoms with Crippen molar-refractivity contribution < 1.29 is 0 Å². The minimum absolute atomic E-state index is 0.650. The van der Waals surface area contributed by atoms with Crippen LogP contribution < -0.4 is 5.32 Å². The molecule has 14 heavy (non-hydrogen) atoms. The van der Waals surface area contributed by atoms with Crippen LogP contribution in [0.5, 0.6) is 0 Å². The Kier molecular flexibility index (Phi) is 2.06. The molecular weight excluding hydrogens is 170 g/mol. The molecule has 74 valence electrons. The molecule has 1 atom stereocenters. The summed E-state index contributed by atoms with van der Waals surface area (Å²) in [6.07, 6.45) is 6.76. The summed E-state index contributed by atoms with van der Waals surface area (Å²) in [5.74, 6) is 0. The van der Waals surface area contributed by atoms with E-state index in [-0.39, 0.29) is 0 Å². The van der Waals surface area contributed by atoms with E-state index in [0.29, 0.717) is 6.04 Å². The molecule has 1 fully saturated rings. The summed E-state index contributed by atoms with van der Waals surface area (Å²) in [5.41, 5.74) is 3.11. The third-order valence-electron chi connectivity index (χ3n) is 3.67. The predicted molar refractivity (Wildman–Crippen MR) is 58.3 cm³/mol. The number of aryl methyl sites for hydroxylation is 1. The van der Waals surface area contributed by atoms with Gasteiger partial charge in [0.25, 0.3) is 0 Å². The lowest BCUT2D eigenvalue weighted by molar-refractivity contribution is 0.304. The number of benzene rings is 1. The van der Waals surface area contributed by atoms with Crippen LogP contribution in [0.2, 0.25) is 0 Å². The van der Waals surface area contributed by atoms with Crippen molar-refractivity contribution >= 4 is 0 Å². The molecule has 1 N–H and O–H groups in total. The molecule has 0 radical (unpaired) electrons. The van der Waals surface area contributed by atoms with Gasteiger partial charge < -0.3 is 5.32 Å². The summed E-state index contributed by atoms with van der Waals surface area (Å²) in [4.78, 5) is 0. The van der Waals surface area contributed by atoms with Crippen LogP contribution >= 0.6 is 0 Å².